The Bertz CT molecular complexity index is 1350. The van der Waals surface area contributed by atoms with Gasteiger partial charge in [-0.25, -0.2) is 4.90 Å². The van der Waals surface area contributed by atoms with Gasteiger partial charge in [-0.2, -0.15) is 0 Å². The zero-order valence-corrected chi connectivity index (χ0v) is 18.9. The number of carbonyl (C=O) groups excluding carboxylic acids is 2. The van der Waals surface area contributed by atoms with Crippen LogP contribution < -0.4 is 29.2 Å². The van der Waals surface area contributed by atoms with E-state index < -0.39 is 11.8 Å². The molecule has 0 spiro atoms. The van der Waals surface area contributed by atoms with Gasteiger partial charge in [0.15, 0.2) is 23.0 Å². The molecule has 8 nitrogen and oxygen atoms in total. The van der Waals surface area contributed by atoms with Crippen LogP contribution in [0.15, 0.2) is 66.4 Å². The van der Waals surface area contributed by atoms with E-state index >= 15 is 0 Å². The molecule has 0 saturated carbocycles. The summed E-state index contributed by atoms with van der Waals surface area (Å²) in [7, 11) is 3.05. The van der Waals surface area contributed by atoms with Gasteiger partial charge in [-0.1, -0.05) is 18.2 Å². The highest BCUT2D eigenvalue weighted by atomic mass is 16.7. The summed E-state index contributed by atoms with van der Waals surface area (Å²) in [5, 5.41) is 3.14. The van der Waals surface area contributed by atoms with Gasteiger partial charge in [0, 0.05) is 11.8 Å². The lowest BCUT2D eigenvalue weighted by Crippen LogP contribution is -2.32. The Hall–Kier alpha value is -4.46. The molecule has 0 atom stereocenters. The molecule has 2 amide bonds. The van der Waals surface area contributed by atoms with E-state index in [0.717, 1.165) is 5.56 Å². The molecule has 0 saturated heterocycles. The summed E-state index contributed by atoms with van der Waals surface area (Å²) in [5.41, 5.74) is 2.92. The second-order valence-corrected chi connectivity index (χ2v) is 7.80. The average Bonchev–Trinajstić information content (AvgIpc) is 3.40. The van der Waals surface area contributed by atoms with Crippen molar-refractivity contribution in [3.8, 4) is 23.0 Å². The van der Waals surface area contributed by atoms with Crippen LogP contribution in [-0.4, -0.2) is 32.8 Å². The molecule has 0 fully saturated rings. The number of fused-ring (bicyclic) bond motifs is 1. The third-order valence-electron chi connectivity index (χ3n) is 5.66. The highest BCUT2D eigenvalue weighted by Gasteiger charge is 2.40. The normalized spacial score (nSPS) is 14.6. The van der Waals surface area contributed by atoms with Crippen LogP contribution >= 0.6 is 0 Å². The number of imide groups is 1. The van der Waals surface area contributed by atoms with Crippen LogP contribution in [0.5, 0.6) is 23.0 Å². The highest BCUT2D eigenvalue weighted by molar-refractivity contribution is 6.46. The Morgan fingerprint density at radius 3 is 2.41 bits per heavy atom. The second kappa shape index (κ2) is 8.47. The van der Waals surface area contributed by atoms with Crippen LogP contribution in [0.2, 0.25) is 0 Å². The second-order valence-electron chi connectivity index (χ2n) is 7.80. The molecule has 0 aromatic heterocycles. The molecule has 2 aliphatic heterocycles. The monoisotopic (exact) mass is 458 g/mol. The molecule has 8 heteroatoms. The van der Waals surface area contributed by atoms with Gasteiger partial charge in [0.2, 0.25) is 6.79 Å². The number of hydrogen-bond donors (Lipinski definition) is 1. The molecular weight excluding hydrogens is 436 g/mol. The smallest absolute Gasteiger partial charge is 0.282 e. The number of aryl methyl sites for hydroxylation is 1. The van der Waals surface area contributed by atoms with Crippen molar-refractivity contribution < 1.29 is 28.5 Å². The third-order valence-corrected chi connectivity index (χ3v) is 5.66. The van der Waals surface area contributed by atoms with Gasteiger partial charge in [-0.3, -0.25) is 9.59 Å². The Morgan fingerprint density at radius 2 is 1.65 bits per heavy atom. The van der Waals surface area contributed by atoms with Crippen molar-refractivity contribution in [2.75, 3.05) is 31.2 Å². The van der Waals surface area contributed by atoms with E-state index in [9.17, 15) is 9.59 Å². The zero-order chi connectivity index (χ0) is 23.8. The molecule has 2 aliphatic rings. The van der Waals surface area contributed by atoms with E-state index in [1.807, 2.05) is 19.1 Å². The lowest BCUT2D eigenvalue weighted by molar-refractivity contribution is -0.120. The maximum absolute atomic E-state index is 13.7. The fraction of sp³-hybridized carbons (Fsp3) is 0.154. The number of amides is 2. The number of ether oxygens (including phenoxy) is 4. The average molecular weight is 458 g/mol. The summed E-state index contributed by atoms with van der Waals surface area (Å²) in [4.78, 5) is 28.4. The summed E-state index contributed by atoms with van der Waals surface area (Å²) in [5.74, 6) is 1.25. The van der Waals surface area contributed by atoms with Gasteiger partial charge in [0.25, 0.3) is 11.8 Å². The summed E-state index contributed by atoms with van der Waals surface area (Å²) in [6.07, 6.45) is 0. The van der Waals surface area contributed by atoms with Crippen molar-refractivity contribution in [2.45, 2.75) is 6.92 Å². The Kier molecular flexibility index (Phi) is 5.33. The minimum Gasteiger partial charge on any atom is -0.493 e. The predicted molar refractivity (Wildman–Crippen MR) is 126 cm³/mol. The van der Waals surface area contributed by atoms with E-state index in [1.54, 1.807) is 48.5 Å². The molecule has 3 aromatic rings. The first-order valence-electron chi connectivity index (χ1n) is 10.6. The van der Waals surface area contributed by atoms with Crippen molar-refractivity contribution in [3.05, 3.63) is 77.5 Å². The number of nitrogens with one attached hydrogen (secondary N) is 1. The quantitative estimate of drug-likeness (QED) is 0.556. The SMILES string of the molecule is COc1ccc(C2=C(Nc3ccc4c(c3)OCO4)C(=O)N(c3cccc(C)c3)C2=O)cc1OC. The van der Waals surface area contributed by atoms with Crippen molar-refractivity contribution in [2.24, 2.45) is 0 Å². The van der Waals surface area contributed by atoms with E-state index in [-0.39, 0.29) is 18.1 Å². The largest absolute Gasteiger partial charge is 0.493 e. The molecule has 1 N–H and O–H groups in total. The maximum Gasteiger partial charge on any atom is 0.282 e. The third kappa shape index (κ3) is 3.59. The number of rotatable bonds is 6. The minimum atomic E-state index is -0.460. The number of carbonyl (C=O) groups is 2. The molecule has 0 bridgehead atoms. The Morgan fingerprint density at radius 1 is 0.853 bits per heavy atom. The Balaban J connectivity index is 1.62. The molecule has 0 unspecified atom stereocenters. The first kappa shape index (κ1) is 21.4. The van der Waals surface area contributed by atoms with E-state index in [4.69, 9.17) is 18.9 Å². The van der Waals surface area contributed by atoms with Crippen LogP contribution in [0.3, 0.4) is 0 Å². The summed E-state index contributed by atoms with van der Waals surface area (Å²) in [6.45, 7) is 2.04. The predicted octanol–water partition coefficient (Wildman–Crippen LogP) is 4.14. The molecule has 2 heterocycles. The van der Waals surface area contributed by atoms with Gasteiger partial charge in [-0.15, -0.1) is 0 Å². The molecule has 5 rings (SSSR count). The molecule has 172 valence electrons. The van der Waals surface area contributed by atoms with Crippen LogP contribution in [0, 0.1) is 6.92 Å². The zero-order valence-electron chi connectivity index (χ0n) is 18.9. The first-order chi connectivity index (χ1) is 16.5. The van der Waals surface area contributed by atoms with Gasteiger partial charge >= 0.3 is 0 Å². The van der Waals surface area contributed by atoms with Crippen LogP contribution in [0.4, 0.5) is 11.4 Å². The number of hydrogen-bond acceptors (Lipinski definition) is 7. The van der Waals surface area contributed by atoms with Gasteiger partial charge < -0.3 is 24.3 Å². The van der Waals surface area contributed by atoms with Crippen molar-refractivity contribution in [1.82, 2.24) is 0 Å². The van der Waals surface area contributed by atoms with Gasteiger partial charge in [0.05, 0.1) is 25.5 Å². The standard InChI is InChI=1S/C26H22N2O6/c1-15-5-4-6-18(11-15)28-25(29)23(16-7-9-19(31-2)21(12-16)32-3)24(26(28)30)27-17-8-10-20-22(13-17)34-14-33-20/h4-13,27H,14H2,1-3H3. The van der Waals surface area contributed by atoms with Gasteiger partial charge in [-0.05, 0) is 54.4 Å². The maximum atomic E-state index is 13.7. The molecule has 3 aromatic carbocycles. The molecular formula is C26H22N2O6. The van der Waals surface area contributed by atoms with Crippen molar-refractivity contribution in [3.63, 3.8) is 0 Å². The summed E-state index contributed by atoms with van der Waals surface area (Å²) >= 11 is 0. The number of benzene rings is 3. The molecule has 0 radical (unpaired) electrons. The molecule has 34 heavy (non-hydrogen) atoms. The topological polar surface area (TPSA) is 86.3 Å². The Labute approximate surface area is 196 Å². The van der Waals surface area contributed by atoms with Crippen LogP contribution in [0.1, 0.15) is 11.1 Å². The molecule has 0 aliphatic carbocycles. The summed E-state index contributed by atoms with van der Waals surface area (Å²) in [6, 6.07) is 17.6. The van der Waals surface area contributed by atoms with Gasteiger partial charge in [0.1, 0.15) is 5.70 Å². The van der Waals surface area contributed by atoms with Crippen LogP contribution in [0.25, 0.3) is 5.57 Å². The van der Waals surface area contributed by atoms with Crippen LogP contribution in [-0.2, 0) is 9.59 Å². The van der Waals surface area contributed by atoms with E-state index in [2.05, 4.69) is 5.32 Å². The van der Waals surface area contributed by atoms with E-state index in [1.165, 1.54) is 19.1 Å². The number of nitrogens with zero attached hydrogens (tertiary/aromatic N) is 1. The minimum absolute atomic E-state index is 0.136. The number of anilines is 2. The lowest BCUT2D eigenvalue weighted by Gasteiger charge is -2.16. The van der Waals surface area contributed by atoms with Crippen molar-refractivity contribution in [1.29, 1.82) is 0 Å². The first-order valence-corrected chi connectivity index (χ1v) is 10.6. The lowest BCUT2D eigenvalue weighted by atomic mass is 10.0. The fourth-order valence-electron chi connectivity index (χ4n) is 4.03. The highest BCUT2D eigenvalue weighted by Crippen LogP contribution is 2.39. The fourth-order valence-corrected chi connectivity index (χ4v) is 4.03. The van der Waals surface area contributed by atoms with E-state index in [0.29, 0.717) is 39.9 Å². The number of methoxy groups -OCH3 is 2. The summed E-state index contributed by atoms with van der Waals surface area (Å²) < 4.78 is 21.6. The van der Waals surface area contributed by atoms with Crippen molar-refractivity contribution >= 4 is 28.8 Å².